The lowest BCUT2D eigenvalue weighted by Crippen LogP contribution is -2.32. The summed E-state index contributed by atoms with van der Waals surface area (Å²) in [5.41, 5.74) is 7.75. The van der Waals surface area contributed by atoms with E-state index in [0.29, 0.717) is 12.6 Å². The topological polar surface area (TPSA) is 67.3 Å². The summed E-state index contributed by atoms with van der Waals surface area (Å²) in [7, 11) is 0. The Balaban J connectivity index is 2.39. The molecule has 1 aromatic heterocycles. The van der Waals surface area contributed by atoms with Crippen LogP contribution in [0.25, 0.3) is 0 Å². The van der Waals surface area contributed by atoms with E-state index in [2.05, 4.69) is 23.8 Å². The molecule has 0 aliphatic heterocycles. The van der Waals surface area contributed by atoms with E-state index >= 15 is 0 Å². The zero-order valence-corrected chi connectivity index (χ0v) is 10.8. The van der Waals surface area contributed by atoms with Gasteiger partial charge < -0.3 is 15.7 Å². The van der Waals surface area contributed by atoms with Crippen LogP contribution in [-0.4, -0.2) is 34.1 Å². The second-order valence-electron chi connectivity index (χ2n) is 5.01. The highest BCUT2D eigenvalue weighted by atomic mass is 16.3. The summed E-state index contributed by atoms with van der Waals surface area (Å²) in [5, 5.41) is 13.7. The Labute approximate surface area is 102 Å². The van der Waals surface area contributed by atoms with Gasteiger partial charge in [-0.05, 0) is 33.6 Å². The molecule has 2 rings (SSSR count). The molecule has 1 saturated carbocycles. The summed E-state index contributed by atoms with van der Waals surface area (Å²) in [6.07, 6.45) is 2.36. The minimum Gasteiger partial charge on any atom is -0.395 e. The zero-order valence-electron chi connectivity index (χ0n) is 10.8. The van der Waals surface area contributed by atoms with Gasteiger partial charge in [-0.1, -0.05) is 0 Å². The van der Waals surface area contributed by atoms with Gasteiger partial charge in [0.15, 0.2) is 5.82 Å². The van der Waals surface area contributed by atoms with Crippen LogP contribution in [0.15, 0.2) is 0 Å². The van der Waals surface area contributed by atoms with E-state index in [1.807, 2.05) is 11.6 Å². The molecule has 1 aliphatic carbocycles. The van der Waals surface area contributed by atoms with Crippen LogP contribution in [0.5, 0.6) is 0 Å². The van der Waals surface area contributed by atoms with Crippen molar-refractivity contribution in [1.82, 2.24) is 9.78 Å². The van der Waals surface area contributed by atoms with Crippen LogP contribution in [0.3, 0.4) is 0 Å². The molecule has 0 amide bonds. The number of aromatic nitrogens is 2. The van der Waals surface area contributed by atoms with E-state index in [1.165, 1.54) is 12.8 Å². The Kier molecular flexibility index (Phi) is 3.28. The molecule has 17 heavy (non-hydrogen) atoms. The molecular weight excluding hydrogens is 216 g/mol. The van der Waals surface area contributed by atoms with Gasteiger partial charge in [-0.2, -0.15) is 5.10 Å². The maximum atomic E-state index is 9.19. The number of nitrogens with zero attached hydrogens (tertiary/aromatic N) is 3. The van der Waals surface area contributed by atoms with Crippen LogP contribution in [0.1, 0.15) is 38.4 Å². The molecule has 1 heterocycles. The Morgan fingerprint density at radius 3 is 2.65 bits per heavy atom. The van der Waals surface area contributed by atoms with Crippen molar-refractivity contribution in [2.45, 2.75) is 45.7 Å². The minimum absolute atomic E-state index is 0.151. The zero-order chi connectivity index (χ0) is 12.6. The van der Waals surface area contributed by atoms with Crippen molar-refractivity contribution in [2.75, 3.05) is 23.8 Å². The molecule has 0 bridgehead atoms. The molecule has 0 spiro atoms. The van der Waals surface area contributed by atoms with Gasteiger partial charge in [-0.15, -0.1) is 0 Å². The quantitative estimate of drug-likeness (QED) is 0.811. The van der Waals surface area contributed by atoms with Crippen molar-refractivity contribution >= 4 is 11.5 Å². The SMILES string of the molecule is Cc1nn(C(C)C)c(N(CCO)C2CC2)c1N. The third kappa shape index (κ3) is 2.24. The summed E-state index contributed by atoms with van der Waals surface area (Å²) >= 11 is 0. The number of aryl methyl sites for hydroxylation is 1. The molecule has 96 valence electrons. The van der Waals surface area contributed by atoms with Crippen molar-refractivity contribution in [3.8, 4) is 0 Å². The summed E-state index contributed by atoms with van der Waals surface area (Å²) in [4.78, 5) is 2.20. The molecule has 1 aromatic rings. The van der Waals surface area contributed by atoms with Crippen molar-refractivity contribution in [3.63, 3.8) is 0 Å². The average molecular weight is 238 g/mol. The van der Waals surface area contributed by atoms with Crippen LogP contribution in [0, 0.1) is 6.92 Å². The second kappa shape index (κ2) is 4.56. The van der Waals surface area contributed by atoms with E-state index in [4.69, 9.17) is 5.73 Å². The van der Waals surface area contributed by atoms with E-state index in [9.17, 15) is 5.11 Å². The smallest absolute Gasteiger partial charge is 0.151 e. The molecule has 5 heteroatoms. The van der Waals surface area contributed by atoms with Crippen LogP contribution in [-0.2, 0) is 0 Å². The molecule has 0 atom stereocenters. The number of nitrogens with two attached hydrogens (primary N) is 1. The maximum absolute atomic E-state index is 9.19. The fraction of sp³-hybridized carbons (Fsp3) is 0.750. The molecular formula is C12H22N4O. The number of hydrogen-bond donors (Lipinski definition) is 2. The summed E-state index contributed by atoms with van der Waals surface area (Å²) in [6, 6.07) is 0.805. The van der Waals surface area contributed by atoms with Gasteiger partial charge in [0, 0.05) is 18.6 Å². The molecule has 3 N–H and O–H groups in total. The summed E-state index contributed by atoms with van der Waals surface area (Å²) in [6.45, 7) is 6.91. The number of hydrogen-bond acceptors (Lipinski definition) is 4. The Morgan fingerprint density at radius 1 is 1.53 bits per heavy atom. The lowest BCUT2D eigenvalue weighted by molar-refractivity contribution is 0.300. The largest absolute Gasteiger partial charge is 0.395 e. The first-order chi connectivity index (χ1) is 8.06. The number of nitrogen functional groups attached to an aromatic ring is 1. The third-order valence-electron chi connectivity index (χ3n) is 3.20. The molecule has 0 radical (unpaired) electrons. The van der Waals surface area contributed by atoms with Gasteiger partial charge in [-0.3, -0.25) is 0 Å². The highest BCUT2D eigenvalue weighted by Crippen LogP contribution is 2.37. The first-order valence-electron chi connectivity index (χ1n) is 6.28. The predicted molar refractivity (Wildman–Crippen MR) is 69.2 cm³/mol. The Hall–Kier alpha value is -1.23. The van der Waals surface area contributed by atoms with Gasteiger partial charge in [-0.25, -0.2) is 4.68 Å². The number of aliphatic hydroxyl groups is 1. The van der Waals surface area contributed by atoms with Gasteiger partial charge in [0.25, 0.3) is 0 Å². The summed E-state index contributed by atoms with van der Waals surface area (Å²) in [5.74, 6) is 0.981. The highest BCUT2D eigenvalue weighted by molar-refractivity contribution is 5.67. The molecule has 1 fully saturated rings. The Bertz CT molecular complexity index is 395. The second-order valence-corrected chi connectivity index (χ2v) is 5.01. The first-order valence-corrected chi connectivity index (χ1v) is 6.28. The lowest BCUT2D eigenvalue weighted by Gasteiger charge is -2.26. The fourth-order valence-electron chi connectivity index (χ4n) is 2.15. The van der Waals surface area contributed by atoms with Crippen molar-refractivity contribution < 1.29 is 5.11 Å². The van der Waals surface area contributed by atoms with Crippen LogP contribution in [0.4, 0.5) is 11.5 Å². The van der Waals surface area contributed by atoms with E-state index < -0.39 is 0 Å². The third-order valence-corrected chi connectivity index (χ3v) is 3.20. The van der Waals surface area contributed by atoms with Gasteiger partial charge >= 0.3 is 0 Å². The molecule has 0 saturated heterocycles. The molecule has 0 aromatic carbocycles. The van der Waals surface area contributed by atoms with Gasteiger partial charge in [0.1, 0.15) is 0 Å². The van der Waals surface area contributed by atoms with Gasteiger partial charge in [0.05, 0.1) is 18.0 Å². The average Bonchev–Trinajstić information content (AvgIpc) is 3.05. The summed E-state index contributed by atoms with van der Waals surface area (Å²) < 4.78 is 1.97. The van der Waals surface area contributed by atoms with Gasteiger partial charge in [0.2, 0.25) is 0 Å². The van der Waals surface area contributed by atoms with Crippen molar-refractivity contribution in [3.05, 3.63) is 5.69 Å². The van der Waals surface area contributed by atoms with E-state index in [1.54, 1.807) is 0 Å². The molecule has 1 aliphatic rings. The van der Waals surface area contributed by atoms with Crippen LogP contribution in [0.2, 0.25) is 0 Å². The monoisotopic (exact) mass is 238 g/mol. The normalized spacial score (nSPS) is 15.6. The highest BCUT2D eigenvalue weighted by Gasteiger charge is 2.33. The lowest BCUT2D eigenvalue weighted by atomic mass is 10.3. The minimum atomic E-state index is 0.151. The van der Waals surface area contributed by atoms with E-state index in [-0.39, 0.29) is 12.6 Å². The standard InChI is InChI=1S/C12H22N4O/c1-8(2)16-12(11(13)9(3)14-16)15(6-7-17)10-4-5-10/h8,10,17H,4-7,13H2,1-3H3. The van der Waals surface area contributed by atoms with Crippen molar-refractivity contribution in [2.24, 2.45) is 0 Å². The van der Waals surface area contributed by atoms with Crippen LogP contribution < -0.4 is 10.6 Å². The van der Waals surface area contributed by atoms with Crippen molar-refractivity contribution in [1.29, 1.82) is 0 Å². The molecule has 0 unspecified atom stereocenters. The molecule has 5 nitrogen and oxygen atoms in total. The fourth-order valence-corrected chi connectivity index (χ4v) is 2.15. The Morgan fingerprint density at radius 2 is 2.18 bits per heavy atom. The van der Waals surface area contributed by atoms with E-state index in [0.717, 1.165) is 17.2 Å². The first kappa shape index (κ1) is 12.2. The van der Waals surface area contributed by atoms with Crippen LogP contribution >= 0.6 is 0 Å². The number of anilines is 2. The number of aliphatic hydroxyl groups excluding tert-OH is 1. The maximum Gasteiger partial charge on any atom is 0.151 e. The number of rotatable bonds is 5. The predicted octanol–water partition coefficient (Wildman–Crippen LogP) is 1.32.